The highest BCUT2D eigenvalue weighted by Gasteiger charge is 2.61. The molecule has 4 aromatic rings. The Morgan fingerprint density at radius 3 is 2.00 bits per heavy atom. The Balaban J connectivity index is 1.71. The van der Waals surface area contributed by atoms with Crippen molar-refractivity contribution in [3.05, 3.63) is 138 Å². The average Bonchev–Trinajstić information content (AvgIpc) is 3.16. The molecule has 0 N–H and O–H groups in total. The molecule has 6 rings (SSSR count). The highest BCUT2D eigenvalue weighted by molar-refractivity contribution is 7.90. The number of sulfonamides is 1. The van der Waals surface area contributed by atoms with Crippen molar-refractivity contribution in [2.24, 2.45) is 0 Å². The number of fused-ring (bicyclic) bond motifs is 2. The number of nitrogens with zero attached hydrogens (tertiary/aromatic N) is 2. The highest BCUT2D eigenvalue weighted by atomic mass is 32.2. The van der Waals surface area contributed by atoms with Gasteiger partial charge in [0.2, 0.25) is 11.8 Å². The molecule has 0 saturated carbocycles. The Kier molecular flexibility index (Phi) is 5.77. The van der Waals surface area contributed by atoms with Gasteiger partial charge in [0.05, 0.1) is 16.5 Å². The fourth-order valence-electron chi connectivity index (χ4n) is 5.75. The predicted octanol–water partition coefficient (Wildman–Crippen LogP) is 5.27. The molecule has 0 fully saturated rings. The van der Waals surface area contributed by atoms with Gasteiger partial charge in [-0.05, 0) is 47.9 Å². The summed E-state index contributed by atoms with van der Waals surface area (Å²) >= 11 is 0. The van der Waals surface area contributed by atoms with Crippen LogP contribution in [0.3, 0.4) is 0 Å². The zero-order valence-electron chi connectivity index (χ0n) is 21.5. The van der Waals surface area contributed by atoms with Gasteiger partial charge in [0.15, 0.2) is 0 Å². The van der Waals surface area contributed by atoms with E-state index < -0.39 is 27.3 Å². The SMILES string of the molecule is Cc1ccc(S(=O)(=O)N2C(=O)[C@@H](c3ccccc3)[C@@]3(C=C2c2ccccc2)C(=O)N(C)c2ccccc23)cc1. The number of aryl methyl sites for hydroxylation is 1. The topological polar surface area (TPSA) is 74.8 Å². The van der Waals surface area contributed by atoms with E-state index in [0.29, 0.717) is 22.4 Å². The maximum Gasteiger partial charge on any atom is 0.270 e. The van der Waals surface area contributed by atoms with Crippen molar-refractivity contribution in [1.29, 1.82) is 0 Å². The summed E-state index contributed by atoms with van der Waals surface area (Å²) in [6.45, 7) is 1.87. The van der Waals surface area contributed by atoms with E-state index >= 15 is 0 Å². The summed E-state index contributed by atoms with van der Waals surface area (Å²) in [5, 5.41) is 0. The summed E-state index contributed by atoms with van der Waals surface area (Å²) in [7, 11) is -2.64. The van der Waals surface area contributed by atoms with E-state index in [4.69, 9.17) is 0 Å². The molecule has 0 radical (unpaired) electrons. The molecular formula is C32H26N2O4S. The summed E-state index contributed by atoms with van der Waals surface area (Å²) in [5.41, 5.74) is 2.06. The van der Waals surface area contributed by atoms with Gasteiger partial charge in [-0.2, -0.15) is 0 Å². The lowest BCUT2D eigenvalue weighted by Crippen LogP contribution is -2.53. The Morgan fingerprint density at radius 2 is 1.33 bits per heavy atom. The monoisotopic (exact) mass is 534 g/mol. The quantitative estimate of drug-likeness (QED) is 0.358. The number of carbonyl (C=O) groups is 2. The summed E-state index contributed by atoms with van der Waals surface area (Å²) < 4.78 is 29.4. The molecule has 0 unspecified atom stereocenters. The molecule has 39 heavy (non-hydrogen) atoms. The number of anilines is 1. The molecule has 0 saturated heterocycles. The lowest BCUT2D eigenvalue weighted by Gasteiger charge is -2.42. The minimum atomic E-state index is -4.33. The Labute approximate surface area is 227 Å². The fraction of sp³-hybridized carbons (Fsp3) is 0.125. The molecule has 6 nitrogen and oxygen atoms in total. The Bertz CT molecular complexity index is 1730. The molecule has 194 valence electrons. The number of hydrogen-bond donors (Lipinski definition) is 0. The van der Waals surface area contributed by atoms with E-state index in [2.05, 4.69) is 0 Å². The first-order valence-corrected chi connectivity index (χ1v) is 14.1. The molecule has 0 aromatic heterocycles. The highest BCUT2D eigenvalue weighted by Crippen LogP contribution is 2.55. The first-order chi connectivity index (χ1) is 18.8. The van der Waals surface area contributed by atoms with E-state index in [0.717, 1.165) is 9.87 Å². The lowest BCUT2D eigenvalue weighted by molar-refractivity contribution is -0.133. The van der Waals surface area contributed by atoms with E-state index in [-0.39, 0.29) is 16.5 Å². The average molecular weight is 535 g/mol. The minimum Gasteiger partial charge on any atom is -0.314 e. The summed E-state index contributed by atoms with van der Waals surface area (Å²) in [5.74, 6) is -2.07. The molecule has 2 aliphatic heterocycles. The molecule has 2 amide bonds. The van der Waals surface area contributed by atoms with Gasteiger partial charge in [-0.1, -0.05) is 96.6 Å². The maximum absolute atomic E-state index is 14.8. The minimum absolute atomic E-state index is 0.00121. The molecule has 0 bridgehead atoms. The number of para-hydroxylation sites is 1. The number of rotatable bonds is 4. The first kappa shape index (κ1) is 24.8. The van der Waals surface area contributed by atoms with E-state index in [9.17, 15) is 18.0 Å². The molecular weight excluding hydrogens is 508 g/mol. The lowest BCUT2D eigenvalue weighted by atomic mass is 9.65. The largest absolute Gasteiger partial charge is 0.314 e. The third-order valence-electron chi connectivity index (χ3n) is 7.62. The molecule has 2 atom stereocenters. The van der Waals surface area contributed by atoms with Crippen molar-refractivity contribution in [3.63, 3.8) is 0 Å². The van der Waals surface area contributed by atoms with Gasteiger partial charge in [0.25, 0.3) is 10.0 Å². The predicted molar refractivity (Wildman–Crippen MR) is 150 cm³/mol. The van der Waals surface area contributed by atoms with Gasteiger partial charge in [-0.3, -0.25) is 9.59 Å². The van der Waals surface area contributed by atoms with Gasteiger partial charge in [-0.15, -0.1) is 0 Å². The molecule has 2 heterocycles. The summed E-state index contributed by atoms with van der Waals surface area (Å²) in [6.07, 6.45) is 1.69. The van der Waals surface area contributed by atoms with Crippen molar-refractivity contribution in [2.75, 3.05) is 11.9 Å². The van der Waals surface area contributed by atoms with Crippen molar-refractivity contribution >= 4 is 33.2 Å². The van der Waals surface area contributed by atoms with Crippen molar-refractivity contribution in [3.8, 4) is 0 Å². The smallest absolute Gasteiger partial charge is 0.270 e. The van der Waals surface area contributed by atoms with Crippen LogP contribution in [0.25, 0.3) is 5.70 Å². The number of amides is 2. The van der Waals surface area contributed by atoms with Gasteiger partial charge < -0.3 is 4.90 Å². The van der Waals surface area contributed by atoms with Crippen LogP contribution in [0.1, 0.15) is 28.2 Å². The zero-order valence-corrected chi connectivity index (χ0v) is 22.3. The van der Waals surface area contributed by atoms with Crippen molar-refractivity contribution in [2.45, 2.75) is 23.2 Å². The summed E-state index contributed by atoms with van der Waals surface area (Å²) in [4.78, 5) is 30.6. The van der Waals surface area contributed by atoms with Crippen LogP contribution in [0.15, 0.2) is 120 Å². The van der Waals surface area contributed by atoms with Crippen LogP contribution in [0, 0.1) is 6.92 Å². The molecule has 4 aromatic carbocycles. The number of benzene rings is 4. The van der Waals surface area contributed by atoms with E-state index in [1.165, 1.54) is 12.1 Å². The third-order valence-corrected chi connectivity index (χ3v) is 9.34. The maximum atomic E-state index is 14.8. The Morgan fingerprint density at radius 1 is 0.744 bits per heavy atom. The second-order valence-corrected chi connectivity index (χ2v) is 11.7. The van der Waals surface area contributed by atoms with Crippen LogP contribution >= 0.6 is 0 Å². The standard InChI is InChI=1S/C32H26N2O4S/c1-22-17-19-25(20-18-22)39(37,38)34-28(23-11-5-3-6-12-23)21-32(29(30(34)35)24-13-7-4-8-14-24)26-15-9-10-16-27(26)33(2)31(32)36/h3-21,29H,1-2H3/t29-,32+/m1/s1. The molecule has 2 aliphatic rings. The first-order valence-electron chi connectivity index (χ1n) is 12.6. The fourth-order valence-corrected chi connectivity index (χ4v) is 7.20. The second kappa shape index (κ2) is 9.06. The second-order valence-electron chi connectivity index (χ2n) is 9.91. The van der Waals surface area contributed by atoms with Gasteiger partial charge in [0, 0.05) is 12.7 Å². The van der Waals surface area contributed by atoms with Crippen molar-refractivity contribution in [1.82, 2.24) is 4.31 Å². The van der Waals surface area contributed by atoms with Crippen LogP contribution in [0.5, 0.6) is 0 Å². The normalized spacial score (nSPS) is 20.8. The van der Waals surface area contributed by atoms with Gasteiger partial charge in [-0.25, -0.2) is 12.7 Å². The van der Waals surface area contributed by atoms with Gasteiger partial charge in [0.1, 0.15) is 5.41 Å². The van der Waals surface area contributed by atoms with Crippen LogP contribution in [-0.2, 0) is 25.0 Å². The Hall–Kier alpha value is -4.49. The van der Waals surface area contributed by atoms with E-state index in [1.54, 1.807) is 78.7 Å². The molecule has 1 spiro atoms. The number of likely N-dealkylation sites (N-methyl/N-ethyl adjacent to an activating group) is 1. The third kappa shape index (κ3) is 3.65. The van der Waals surface area contributed by atoms with E-state index in [1.807, 2.05) is 43.3 Å². The molecule has 0 aliphatic carbocycles. The summed E-state index contributed by atoms with van der Waals surface area (Å²) in [6, 6.07) is 31.6. The van der Waals surface area contributed by atoms with Gasteiger partial charge >= 0.3 is 0 Å². The molecule has 7 heteroatoms. The zero-order chi connectivity index (χ0) is 27.4. The van der Waals surface area contributed by atoms with Crippen LogP contribution in [0.2, 0.25) is 0 Å². The van der Waals surface area contributed by atoms with Crippen molar-refractivity contribution < 1.29 is 18.0 Å². The number of carbonyl (C=O) groups excluding carboxylic acids is 2. The van der Waals surface area contributed by atoms with Crippen LogP contribution in [0.4, 0.5) is 5.69 Å². The number of hydrogen-bond acceptors (Lipinski definition) is 4. The van der Waals surface area contributed by atoms with Crippen LogP contribution < -0.4 is 4.90 Å². The van der Waals surface area contributed by atoms with Crippen LogP contribution in [-0.4, -0.2) is 31.6 Å².